The second-order valence-corrected chi connectivity index (χ2v) is 9.87. The third-order valence-electron chi connectivity index (χ3n) is 5.90. The van der Waals surface area contributed by atoms with Crippen LogP contribution in [0.1, 0.15) is 84.0 Å². The van der Waals surface area contributed by atoms with E-state index < -0.39 is 0 Å². The summed E-state index contributed by atoms with van der Waals surface area (Å²) >= 11 is 0. The summed E-state index contributed by atoms with van der Waals surface area (Å²) in [6.45, 7) is 14.8. The van der Waals surface area contributed by atoms with Gasteiger partial charge in [0.1, 0.15) is 5.75 Å². The number of allylic oxidation sites excluding steroid dienone is 6. The summed E-state index contributed by atoms with van der Waals surface area (Å²) in [5.74, 6) is 0.599. The number of anilines is 1. The van der Waals surface area contributed by atoms with Crippen molar-refractivity contribution in [3.05, 3.63) is 70.4 Å². The van der Waals surface area contributed by atoms with Gasteiger partial charge in [-0.25, -0.2) is 0 Å². The van der Waals surface area contributed by atoms with Crippen LogP contribution in [0.2, 0.25) is 0 Å². The van der Waals surface area contributed by atoms with Crippen LogP contribution in [0.15, 0.2) is 64.8 Å². The van der Waals surface area contributed by atoms with Gasteiger partial charge in [0.15, 0.2) is 0 Å². The Morgan fingerprint density at radius 1 is 0.917 bits per heavy atom. The molecule has 0 saturated carbocycles. The van der Waals surface area contributed by atoms with E-state index in [0.29, 0.717) is 18.5 Å². The van der Waals surface area contributed by atoms with Crippen molar-refractivity contribution in [1.82, 2.24) is 5.32 Å². The number of carbonyl (C=O) groups excluding carboxylic acids is 1. The van der Waals surface area contributed by atoms with Crippen LogP contribution in [0.3, 0.4) is 0 Å². The molecule has 36 heavy (non-hydrogen) atoms. The van der Waals surface area contributed by atoms with Crippen molar-refractivity contribution in [1.29, 1.82) is 0 Å². The first-order valence-corrected chi connectivity index (χ1v) is 13.1. The average molecular weight is 497 g/mol. The summed E-state index contributed by atoms with van der Waals surface area (Å²) in [7, 11) is 1.67. The smallest absolute Gasteiger partial charge is 0.251 e. The Balaban J connectivity index is 3.19. The molecule has 0 radical (unpaired) electrons. The zero-order chi connectivity index (χ0) is 26.9. The molecule has 200 valence electrons. The highest BCUT2D eigenvalue weighted by atomic mass is 16.5. The van der Waals surface area contributed by atoms with Gasteiger partial charge in [-0.1, -0.05) is 46.6 Å². The van der Waals surface area contributed by atoms with Crippen molar-refractivity contribution in [2.75, 3.05) is 38.3 Å². The SMILES string of the molecule is COc1ccc(C(=O)NCCCO)cc1N(C/C=C(\C)CCC=C(C)C)C/C=C(\C)CCC=C(C)C. The molecule has 0 aliphatic rings. The first kappa shape index (κ1) is 31.2. The molecule has 2 N–H and O–H groups in total. The maximum atomic E-state index is 12.7. The largest absolute Gasteiger partial charge is 0.495 e. The number of rotatable bonds is 16. The van der Waals surface area contributed by atoms with Crippen molar-refractivity contribution < 1.29 is 14.6 Å². The van der Waals surface area contributed by atoms with Crippen molar-refractivity contribution >= 4 is 11.6 Å². The highest BCUT2D eigenvalue weighted by Gasteiger charge is 2.15. The number of amides is 1. The summed E-state index contributed by atoms with van der Waals surface area (Å²) in [6.07, 6.45) is 13.8. The molecule has 0 saturated heterocycles. The Labute approximate surface area is 219 Å². The molecule has 0 bridgehead atoms. The van der Waals surface area contributed by atoms with Gasteiger partial charge in [0.25, 0.3) is 5.91 Å². The standard InChI is InChI=1S/C31H48N2O3/c1-24(2)11-8-13-26(5)17-20-33(21-18-27(6)14-9-12-25(3)4)29-23-28(15-16-30(29)36-7)31(35)32-19-10-22-34/h11-12,15-18,23,34H,8-10,13-14,19-22H2,1-7H3,(H,32,35)/b26-17+,27-18+. The van der Waals surface area contributed by atoms with E-state index in [9.17, 15) is 4.79 Å². The maximum Gasteiger partial charge on any atom is 0.251 e. The lowest BCUT2D eigenvalue weighted by Crippen LogP contribution is -2.27. The van der Waals surface area contributed by atoms with Gasteiger partial charge in [-0.2, -0.15) is 0 Å². The van der Waals surface area contributed by atoms with Crippen molar-refractivity contribution in [2.45, 2.75) is 73.6 Å². The zero-order valence-electron chi connectivity index (χ0n) is 23.6. The molecule has 1 aromatic carbocycles. The molecule has 0 heterocycles. The van der Waals surface area contributed by atoms with Gasteiger partial charge in [-0.3, -0.25) is 4.79 Å². The fraction of sp³-hybridized carbons (Fsp3) is 0.516. The number of benzene rings is 1. The van der Waals surface area contributed by atoms with Gasteiger partial charge in [-0.05, 0) is 91.8 Å². The lowest BCUT2D eigenvalue weighted by atomic mass is 10.1. The van der Waals surface area contributed by atoms with Crippen LogP contribution in [-0.2, 0) is 0 Å². The van der Waals surface area contributed by atoms with Crippen molar-refractivity contribution in [2.24, 2.45) is 0 Å². The summed E-state index contributed by atoms with van der Waals surface area (Å²) in [5.41, 5.74) is 6.86. The molecular formula is C31H48N2O3. The second-order valence-electron chi connectivity index (χ2n) is 9.87. The first-order valence-electron chi connectivity index (χ1n) is 13.1. The van der Waals surface area contributed by atoms with Crippen LogP contribution in [0.4, 0.5) is 5.69 Å². The number of aliphatic hydroxyl groups is 1. The van der Waals surface area contributed by atoms with Gasteiger partial charge in [0.05, 0.1) is 12.8 Å². The van der Waals surface area contributed by atoms with Gasteiger partial charge >= 0.3 is 0 Å². The quantitative estimate of drug-likeness (QED) is 0.191. The number of hydrogen-bond acceptors (Lipinski definition) is 4. The fourth-order valence-corrected chi connectivity index (χ4v) is 3.65. The Morgan fingerprint density at radius 2 is 1.47 bits per heavy atom. The van der Waals surface area contributed by atoms with E-state index in [4.69, 9.17) is 9.84 Å². The normalized spacial score (nSPS) is 11.7. The molecule has 0 aliphatic carbocycles. The van der Waals surface area contributed by atoms with E-state index in [1.54, 1.807) is 13.2 Å². The third-order valence-corrected chi connectivity index (χ3v) is 5.90. The van der Waals surface area contributed by atoms with Crippen LogP contribution >= 0.6 is 0 Å². The summed E-state index contributed by atoms with van der Waals surface area (Å²) in [5, 5.41) is 11.9. The van der Waals surface area contributed by atoms with Crippen molar-refractivity contribution in [3.8, 4) is 5.75 Å². The predicted octanol–water partition coefficient (Wildman–Crippen LogP) is 7.00. The maximum absolute atomic E-state index is 12.7. The minimum absolute atomic E-state index is 0.0561. The highest BCUT2D eigenvalue weighted by Crippen LogP contribution is 2.30. The minimum atomic E-state index is -0.144. The van der Waals surface area contributed by atoms with E-state index >= 15 is 0 Å². The number of hydrogen-bond donors (Lipinski definition) is 2. The highest BCUT2D eigenvalue weighted by molar-refractivity contribution is 5.95. The molecule has 5 nitrogen and oxygen atoms in total. The molecule has 1 amide bonds. The Hall–Kier alpha value is -2.79. The van der Waals surface area contributed by atoms with Crippen LogP contribution < -0.4 is 15.0 Å². The van der Waals surface area contributed by atoms with Gasteiger partial charge < -0.3 is 20.1 Å². The van der Waals surface area contributed by atoms with Gasteiger partial charge in [0, 0.05) is 31.8 Å². The molecule has 1 aromatic rings. The monoisotopic (exact) mass is 496 g/mol. The van der Waals surface area contributed by atoms with Crippen LogP contribution in [-0.4, -0.2) is 44.4 Å². The Bertz CT molecular complexity index is 893. The van der Waals surface area contributed by atoms with E-state index in [1.165, 1.54) is 22.3 Å². The number of carbonyl (C=O) groups is 1. The predicted molar refractivity (Wildman–Crippen MR) is 154 cm³/mol. The van der Waals surface area contributed by atoms with E-state index in [0.717, 1.165) is 50.2 Å². The number of nitrogens with one attached hydrogen (secondary N) is 1. The van der Waals surface area contributed by atoms with E-state index in [-0.39, 0.29) is 12.5 Å². The summed E-state index contributed by atoms with van der Waals surface area (Å²) < 4.78 is 5.69. The van der Waals surface area contributed by atoms with Crippen LogP contribution in [0.5, 0.6) is 5.75 Å². The van der Waals surface area contributed by atoms with Gasteiger partial charge in [-0.15, -0.1) is 0 Å². The van der Waals surface area contributed by atoms with Crippen LogP contribution in [0, 0.1) is 0 Å². The summed E-state index contributed by atoms with van der Waals surface area (Å²) in [4.78, 5) is 14.9. The molecule has 0 unspecified atom stereocenters. The Kier molecular flexibility index (Phi) is 15.3. The van der Waals surface area contributed by atoms with E-state index in [1.807, 2.05) is 12.1 Å². The van der Waals surface area contributed by atoms with E-state index in [2.05, 4.69) is 76.1 Å². The number of nitrogens with zero attached hydrogens (tertiary/aromatic N) is 1. The molecule has 0 fully saturated rings. The first-order chi connectivity index (χ1) is 17.2. The molecule has 0 aliphatic heterocycles. The molecule has 1 rings (SSSR count). The van der Waals surface area contributed by atoms with Gasteiger partial charge in [0.2, 0.25) is 0 Å². The van der Waals surface area contributed by atoms with Crippen molar-refractivity contribution in [3.63, 3.8) is 0 Å². The third kappa shape index (κ3) is 12.8. The molecule has 5 heteroatoms. The Morgan fingerprint density at radius 3 is 1.94 bits per heavy atom. The number of aliphatic hydroxyl groups excluding tert-OH is 1. The minimum Gasteiger partial charge on any atom is -0.495 e. The molecule has 0 spiro atoms. The lowest BCUT2D eigenvalue weighted by molar-refractivity contribution is 0.0951. The summed E-state index contributed by atoms with van der Waals surface area (Å²) in [6, 6.07) is 5.56. The molecule has 0 aromatic heterocycles. The second kappa shape index (κ2) is 17.6. The number of methoxy groups -OCH3 is 1. The average Bonchev–Trinajstić information content (AvgIpc) is 2.83. The fourth-order valence-electron chi connectivity index (χ4n) is 3.65. The topological polar surface area (TPSA) is 61.8 Å². The zero-order valence-corrected chi connectivity index (χ0v) is 23.6. The molecule has 0 atom stereocenters. The van der Waals surface area contributed by atoms with Crippen LogP contribution in [0.25, 0.3) is 0 Å². The number of ether oxygens (including phenoxy) is 1. The lowest BCUT2D eigenvalue weighted by Gasteiger charge is -2.25. The molecular weight excluding hydrogens is 448 g/mol.